The Morgan fingerprint density at radius 2 is 2.39 bits per heavy atom. The number of hydrogen-bond donors (Lipinski definition) is 1. The number of aromatic amines is 1. The number of benzene rings is 1. The van der Waals surface area contributed by atoms with Crippen LogP contribution in [0.15, 0.2) is 28.9 Å². The van der Waals surface area contributed by atoms with Crippen LogP contribution >= 0.6 is 15.9 Å². The minimum Gasteiger partial charge on any atom is -0.378 e. The van der Waals surface area contributed by atoms with Gasteiger partial charge in [0.25, 0.3) is 0 Å². The van der Waals surface area contributed by atoms with Gasteiger partial charge in [-0.2, -0.15) is 0 Å². The van der Waals surface area contributed by atoms with Crippen LogP contribution in [0.4, 0.5) is 0 Å². The van der Waals surface area contributed by atoms with Crippen molar-refractivity contribution in [3.63, 3.8) is 0 Å². The fraction of sp³-hybridized carbons (Fsp3) is 0.357. The van der Waals surface area contributed by atoms with E-state index >= 15 is 0 Å². The van der Waals surface area contributed by atoms with Crippen molar-refractivity contribution in [2.75, 3.05) is 6.61 Å². The van der Waals surface area contributed by atoms with Crippen molar-refractivity contribution in [3.05, 3.63) is 34.4 Å². The minimum atomic E-state index is 0.109. The Balaban J connectivity index is 1.86. The van der Waals surface area contributed by atoms with Crippen LogP contribution in [0.2, 0.25) is 0 Å². The largest absolute Gasteiger partial charge is 0.378 e. The topological polar surface area (TPSA) is 42.1 Å². The number of carbonyl (C=O) groups is 1. The zero-order chi connectivity index (χ0) is 12.5. The maximum absolute atomic E-state index is 12.2. The first-order valence-corrected chi connectivity index (χ1v) is 6.95. The number of nitrogens with one attached hydrogen (secondary N) is 1. The molecule has 3 nitrogen and oxygen atoms in total. The average Bonchev–Trinajstić information content (AvgIpc) is 2.97. The van der Waals surface area contributed by atoms with E-state index in [-0.39, 0.29) is 11.9 Å². The van der Waals surface area contributed by atoms with Gasteiger partial charge in [0.05, 0.1) is 6.10 Å². The summed E-state index contributed by atoms with van der Waals surface area (Å²) in [5, 5.41) is 0.987. The molecular weight excluding hydrogens is 294 g/mol. The third-order valence-electron chi connectivity index (χ3n) is 3.38. The summed E-state index contributed by atoms with van der Waals surface area (Å²) in [4.78, 5) is 15.4. The summed E-state index contributed by atoms with van der Waals surface area (Å²) in [6, 6.07) is 5.91. The normalized spacial score (nSPS) is 19.5. The SMILES string of the molecule is O=C(CC1CCCO1)c1c[nH]c2cc(Br)ccc12. The van der Waals surface area contributed by atoms with Gasteiger partial charge in [0.2, 0.25) is 0 Å². The van der Waals surface area contributed by atoms with Gasteiger partial charge < -0.3 is 9.72 Å². The standard InChI is InChI=1S/C14H14BrNO2/c15-9-3-4-11-12(8-16-13(11)6-9)14(17)7-10-2-1-5-18-10/h3-4,6,8,10,16H,1-2,5,7H2. The van der Waals surface area contributed by atoms with E-state index in [0.29, 0.717) is 6.42 Å². The molecular formula is C14H14BrNO2. The number of Topliss-reactive ketones (excluding diaryl/α,β-unsaturated/α-hetero) is 1. The predicted molar refractivity (Wildman–Crippen MR) is 73.9 cm³/mol. The number of H-pyrrole nitrogens is 1. The van der Waals surface area contributed by atoms with Crippen LogP contribution in [0.3, 0.4) is 0 Å². The maximum atomic E-state index is 12.2. The Bertz CT molecular complexity index is 584. The second-order valence-electron chi connectivity index (χ2n) is 4.65. The van der Waals surface area contributed by atoms with E-state index in [2.05, 4.69) is 20.9 Å². The van der Waals surface area contributed by atoms with Crippen LogP contribution in [0.25, 0.3) is 10.9 Å². The molecule has 0 bridgehead atoms. The third kappa shape index (κ3) is 2.22. The second kappa shape index (κ2) is 4.86. The molecule has 0 spiro atoms. The zero-order valence-corrected chi connectivity index (χ0v) is 11.5. The van der Waals surface area contributed by atoms with E-state index in [1.165, 1.54) is 0 Å². The maximum Gasteiger partial charge on any atom is 0.167 e. The highest BCUT2D eigenvalue weighted by Crippen LogP contribution is 2.25. The number of aromatic nitrogens is 1. The predicted octanol–water partition coefficient (Wildman–Crippen LogP) is 3.68. The van der Waals surface area contributed by atoms with Gasteiger partial charge in [0, 0.05) is 40.2 Å². The number of carbonyl (C=O) groups excluding carboxylic acids is 1. The summed E-state index contributed by atoms with van der Waals surface area (Å²) in [5.74, 6) is 0.162. The fourth-order valence-corrected chi connectivity index (χ4v) is 2.81. The van der Waals surface area contributed by atoms with Gasteiger partial charge in [-0.25, -0.2) is 0 Å². The molecule has 1 atom stereocenters. The highest BCUT2D eigenvalue weighted by Gasteiger charge is 2.21. The van der Waals surface area contributed by atoms with Crippen LogP contribution in [0, 0.1) is 0 Å². The molecule has 0 saturated carbocycles. The molecule has 1 aliphatic heterocycles. The highest BCUT2D eigenvalue weighted by atomic mass is 79.9. The van der Waals surface area contributed by atoms with Crippen molar-refractivity contribution in [2.45, 2.75) is 25.4 Å². The lowest BCUT2D eigenvalue weighted by Crippen LogP contribution is -2.12. The lowest BCUT2D eigenvalue weighted by molar-refractivity contribution is 0.0777. The first-order chi connectivity index (χ1) is 8.74. The fourth-order valence-electron chi connectivity index (χ4n) is 2.45. The molecule has 1 aliphatic rings. The molecule has 4 heteroatoms. The summed E-state index contributed by atoms with van der Waals surface area (Å²) in [7, 11) is 0. The van der Waals surface area contributed by atoms with E-state index in [1.807, 2.05) is 18.2 Å². The van der Waals surface area contributed by atoms with Crippen LogP contribution < -0.4 is 0 Å². The van der Waals surface area contributed by atoms with E-state index in [1.54, 1.807) is 6.20 Å². The van der Waals surface area contributed by atoms with Gasteiger partial charge >= 0.3 is 0 Å². The van der Waals surface area contributed by atoms with Crippen molar-refractivity contribution < 1.29 is 9.53 Å². The zero-order valence-electron chi connectivity index (χ0n) is 9.91. The summed E-state index contributed by atoms with van der Waals surface area (Å²) < 4.78 is 6.52. The van der Waals surface area contributed by atoms with Crippen molar-refractivity contribution >= 4 is 32.6 Å². The minimum absolute atomic E-state index is 0.109. The summed E-state index contributed by atoms with van der Waals surface area (Å²) >= 11 is 3.42. The van der Waals surface area contributed by atoms with Gasteiger partial charge in [-0.3, -0.25) is 4.79 Å². The van der Waals surface area contributed by atoms with Gasteiger partial charge in [0.1, 0.15) is 0 Å². The smallest absolute Gasteiger partial charge is 0.167 e. The molecule has 0 radical (unpaired) electrons. The van der Waals surface area contributed by atoms with Crippen molar-refractivity contribution in [3.8, 4) is 0 Å². The number of halogens is 1. The number of ether oxygens (including phenoxy) is 1. The first-order valence-electron chi connectivity index (χ1n) is 6.15. The number of fused-ring (bicyclic) bond motifs is 1. The molecule has 2 aromatic rings. The van der Waals surface area contributed by atoms with Crippen LogP contribution in [-0.4, -0.2) is 23.5 Å². The number of hydrogen-bond acceptors (Lipinski definition) is 2. The molecule has 1 unspecified atom stereocenters. The molecule has 1 N–H and O–H groups in total. The molecule has 1 saturated heterocycles. The first kappa shape index (κ1) is 11.9. The lowest BCUT2D eigenvalue weighted by Gasteiger charge is -2.07. The summed E-state index contributed by atoms with van der Waals surface area (Å²) in [6.07, 6.45) is 4.47. The highest BCUT2D eigenvalue weighted by molar-refractivity contribution is 9.10. The molecule has 1 aromatic carbocycles. The Morgan fingerprint density at radius 1 is 1.50 bits per heavy atom. The van der Waals surface area contributed by atoms with E-state index < -0.39 is 0 Å². The molecule has 0 amide bonds. The monoisotopic (exact) mass is 307 g/mol. The molecule has 3 rings (SSSR count). The average molecular weight is 308 g/mol. The van der Waals surface area contributed by atoms with Gasteiger partial charge in [-0.05, 0) is 25.0 Å². The van der Waals surface area contributed by atoms with Crippen molar-refractivity contribution in [1.29, 1.82) is 0 Å². The number of ketones is 1. The Labute approximate surface area is 114 Å². The van der Waals surface area contributed by atoms with Crippen LogP contribution in [-0.2, 0) is 4.74 Å². The quantitative estimate of drug-likeness (QED) is 0.879. The molecule has 18 heavy (non-hydrogen) atoms. The summed E-state index contributed by atoms with van der Waals surface area (Å²) in [5.41, 5.74) is 1.76. The van der Waals surface area contributed by atoms with Gasteiger partial charge in [-0.15, -0.1) is 0 Å². The molecule has 1 aromatic heterocycles. The van der Waals surface area contributed by atoms with E-state index in [9.17, 15) is 4.79 Å². The van der Waals surface area contributed by atoms with Crippen molar-refractivity contribution in [1.82, 2.24) is 4.98 Å². The van der Waals surface area contributed by atoms with Crippen molar-refractivity contribution in [2.24, 2.45) is 0 Å². The van der Waals surface area contributed by atoms with Crippen LogP contribution in [0.5, 0.6) is 0 Å². The molecule has 94 valence electrons. The van der Waals surface area contributed by atoms with Gasteiger partial charge in [-0.1, -0.05) is 22.0 Å². The Morgan fingerprint density at radius 3 is 3.17 bits per heavy atom. The second-order valence-corrected chi connectivity index (χ2v) is 5.57. The molecule has 0 aliphatic carbocycles. The van der Waals surface area contributed by atoms with E-state index in [4.69, 9.17) is 4.74 Å². The lowest BCUT2D eigenvalue weighted by atomic mass is 10.0. The summed E-state index contributed by atoms with van der Waals surface area (Å²) in [6.45, 7) is 0.790. The Hall–Kier alpha value is -1.13. The third-order valence-corrected chi connectivity index (χ3v) is 3.87. The number of rotatable bonds is 3. The molecule has 2 heterocycles. The Kier molecular flexibility index (Phi) is 3.22. The van der Waals surface area contributed by atoms with Crippen LogP contribution in [0.1, 0.15) is 29.6 Å². The van der Waals surface area contributed by atoms with E-state index in [0.717, 1.165) is 40.4 Å². The molecule has 1 fully saturated rings. The van der Waals surface area contributed by atoms with Gasteiger partial charge in [0.15, 0.2) is 5.78 Å².